The Kier molecular flexibility index (Phi) is 10.3. The van der Waals surface area contributed by atoms with Crippen LogP contribution >= 0.6 is 6.72 Å². The van der Waals surface area contributed by atoms with Crippen LogP contribution in [0.25, 0.3) is 11.5 Å². The first-order chi connectivity index (χ1) is 19.8. The lowest BCUT2D eigenvalue weighted by atomic mass is 9.90. The Bertz CT molecular complexity index is 1480. The summed E-state index contributed by atoms with van der Waals surface area (Å²) in [6, 6.07) is 18.5. The molecule has 7 nitrogen and oxygen atoms in total. The average Bonchev–Trinajstić information content (AvgIpc) is 2.87. The zero-order valence-electron chi connectivity index (χ0n) is 25.8. The summed E-state index contributed by atoms with van der Waals surface area (Å²) in [7, 11) is 0. The van der Waals surface area contributed by atoms with Crippen LogP contribution in [0.5, 0.6) is 17.2 Å². The van der Waals surface area contributed by atoms with Gasteiger partial charge in [-0.3, -0.25) is 9.59 Å². The lowest BCUT2D eigenvalue weighted by Crippen LogP contribution is -2.17. The van der Waals surface area contributed by atoms with Crippen molar-refractivity contribution in [1.29, 1.82) is 0 Å². The normalized spacial score (nSPS) is 12.9. The molecule has 0 atom stereocenters. The van der Waals surface area contributed by atoms with E-state index in [1.54, 1.807) is 90.1 Å². The monoisotopic (exact) mass is 622 g/mol. The van der Waals surface area contributed by atoms with Crippen LogP contribution in [0.2, 0.25) is 0 Å². The largest absolute Gasteiger partial charge is 0.507 e. The number of ketones is 2. The van der Waals surface area contributed by atoms with Gasteiger partial charge >= 0.3 is 6.72 Å². The molecule has 3 aromatic carbocycles. The lowest BCUT2D eigenvalue weighted by Gasteiger charge is -2.24. The zero-order chi connectivity index (χ0) is 32.2. The summed E-state index contributed by atoms with van der Waals surface area (Å²) < 4.78 is 18.4. The van der Waals surface area contributed by atoms with Crippen LogP contribution < -0.4 is 13.6 Å². The summed E-state index contributed by atoms with van der Waals surface area (Å²) in [4.78, 5) is 24.6. The Labute approximate surface area is 259 Å². The van der Waals surface area contributed by atoms with Crippen LogP contribution in [0.1, 0.15) is 63.8 Å². The molecule has 0 unspecified atom stereocenters. The molecule has 3 aromatic rings. The van der Waals surface area contributed by atoms with E-state index in [0.717, 1.165) is 11.1 Å². The minimum absolute atomic E-state index is 0.157. The van der Waals surface area contributed by atoms with Crippen molar-refractivity contribution in [2.75, 3.05) is 0 Å². The predicted octanol–water partition coefficient (Wildman–Crippen LogP) is 9.09. The third-order valence-corrected chi connectivity index (χ3v) is 8.14. The first-order valence-electron chi connectivity index (χ1n) is 13.7. The van der Waals surface area contributed by atoms with Crippen LogP contribution in [0.4, 0.5) is 0 Å². The molecule has 0 saturated carbocycles. The van der Waals surface area contributed by atoms with Gasteiger partial charge in [0.05, 0.1) is 0 Å². The summed E-state index contributed by atoms with van der Waals surface area (Å²) in [5.74, 6) is 0.439. The van der Waals surface area contributed by atoms with E-state index in [1.807, 2.05) is 32.0 Å². The first-order valence-corrected chi connectivity index (χ1v) is 16.3. The second kappa shape index (κ2) is 13.2. The summed E-state index contributed by atoms with van der Waals surface area (Å²) >= 11 is 5.83. The number of aliphatic hydroxyl groups excluding tert-OH is 2. The number of carbonyl (C=O) groups excluding carboxylic acids is 2. The van der Waals surface area contributed by atoms with Crippen molar-refractivity contribution in [2.24, 2.45) is 10.8 Å². The molecule has 43 heavy (non-hydrogen) atoms. The summed E-state index contributed by atoms with van der Waals surface area (Å²) in [6.07, 6.45) is 2.42. The van der Waals surface area contributed by atoms with Gasteiger partial charge in [0.15, 0.2) is 11.6 Å². The number of rotatable bonds is 10. The molecule has 0 aliphatic carbocycles. The molecule has 0 aromatic heterocycles. The Morgan fingerprint density at radius 2 is 0.953 bits per heavy atom. The number of hydrogen-bond acceptors (Lipinski definition) is 8. The number of aliphatic hydroxyl groups is 2. The molecule has 0 spiro atoms. The lowest BCUT2D eigenvalue weighted by molar-refractivity contribution is -0.122. The Hall–Kier alpha value is -3.87. The van der Waals surface area contributed by atoms with Gasteiger partial charge in [0.25, 0.3) is 0 Å². The third-order valence-electron chi connectivity index (χ3n) is 6.16. The van der Waals surface area contributed by atoms with Crippen molar-refractivity contribution in [2.45, 2.75) is 55.4 Å². The van der Waals surface area contributed by atoms with Crippen molar-refractivity contribution < 1.29 is 33.4 Å². The molecule has 0 fully saturated rings. The Balaban J connectivity index is 1.89. The van der Waals surface area contributed by atoms with Gasteiger partial charge < -0.3 is 23.8 Å². The summed E-state index contributed by atoms with van der Waals surface area (Å²) in [6.45, 7) is 11.0. The maximum atomic E-state index is 12.3. The second-order valence-electron chi connectivity index (χ2n) is 12.4. The molecule has 9 heteroatoms. The molecule has 0 heterocycles. The first kappa shape index (κ1) is 33.6. The molecule has 0 aliphatic rings. The smallest absolute Gasteiger partial charge is 0.490 e. The molecule has 0 saturated heterocycles. The standard InChI is InChI=1S/C34H39O7PS/c1-22-17-23(2)19-28(18-22)41-42(43,39-26-13-9-24(10-14-26)29(35)20-31(37)33(3,4)5)40-27-15-11-25(12-16-27)30(36)21-32(38)34(6,7)8/h9-21,35-36H,1-8H3/b29-20-,30-21-. The van der Waals surface area contributed by atoms with Crippen LogP contribution in [0.15, 0.2) is 78.9 Å². The van der Waals surface area contributed by atoms with E-state index in [-0.39, 0.29) is 23.1 Å². The van der Waals surface area contributed by atoms with E-state index in [1.165, 1.54) is 12.2 Å². The highest BCUT2D eigenvalue weighted by molar-refractivity contribution is 8.08. The van der Waals surface area contributed by atoms with Crippen LogP contribution in [0.3, 0.4) is 0 Å². The highest BCUT2D eigenvalue weighted by Crippen LogP contribution is 2.50. The molecular weight excluding hydrogens is 583 g/mol. The van der Waals surface area contributed by atoms with Crippen LogP contribution in [-0.4, -0.2) is 21.8 Å². The molecule has 0 amide bonds. The highest BCUT2D eigenvalue weighted by Gasteiger charge is 2.28. The van der Waals surface area contributed by atoms with Gasteiger partial charge in [-0.25, -0.2) is 0 Å². The number of allylic oxidation sites excluding steroid dienone is 2. The Morgan fingerprint density at radius 3 is 1.28 bits per heavy atom. The Morgan fingerprint density at radius 1 is 0.628 bits per heavy atom. The van der Waals surface area contributed by atoms with E-state index in [9.17, 15) is 19.8 Å². The summed E-state index contributed by atoms with van der Waals surface area (Å²) in [5.41, 5.74) is 1.58. The average molecular weight is 623 g/mol. The molecule has 0 bridgehead atoms. The second-order valence-corrected chi connectivity index (χ2v) is 15.2. The molecule has 228 valence electrons. The predicted molar refractivity (Wildman–Crippen MR) is 175 cm³/mol. The molecule has 3 rings (SSSR count). The SMILES string of the molecule is Cc1cc(C)cc(OP(=S)(Oc2ccc(/C(O)=C/C(=O)C(C)(C)C)cc2)Oc2ccc(/C(O)=C/C(=O)C(C)(C)C)cc2)c1. The molecule has 0 aliphatic heterocycles. The third kappa shape index (κ3) is 9.84. The zero-order valence-corrected chi connectivity index (χ0v) is 27.5. The van der Waals surface area contributed by atoms with Crippen molar-refractivity contribution in [3.8, 4) is 17.2 Å². The van der Waals surface area contributed by atoms with E-state index in [4.69, 9.17) is 25.4 Å². The maximum Gasteiger partial charge on any atom is 0.490 e. The van der Waals surface area contributed by atoms with Crippen molar-refractivity contribution in [3.05, 3.63) is 101 Å². The molecular formula is C34H39O7PS. The number of carbonyl (C=O) groups is 2. The molecule has 2 N–H and O–H groups in total. The van der Waals surface area contributed by atoms with E-state index in [0.29, 0.717) is 28.4 Å². The van der Waals surface area contributed by atoms with Crippen molar-refractivity contribution in [1.82, 2.24) is 0 Å². The quantitative estimate of drug-likeness (QED) is 0.131. The van der Waals surface area contributed by atoms with Crippen molar-refractivity contribution in [3.63, 3.8) is 0 Å². The van der Waals surface area contributed by atoms with Gasteiger partial charge in [-0.15, -0.1) is 0 Å². The fraction of sp³-hybridized carbons (Fsp3) is 0.294. The minimum atomic E-state index is -3.52. The topological polar surface area (TPSA) is 102 Å². The number of benzene rings is 3. The van der Waals surface area contributed by atoms with Gasteiger partial charge in [0.2, 0.25) is 0 Å². The van der Waals surface area contributed by atoms with Crippen LogP contribution in [0, 0.1) is 24.7 Å². The van der Waals surface area contributed by atoms with Gasteiger partial charge in [-0.1, -0.05) is 47.6 Å². The van der Waals surface area contributed by atoms with Crippen LogP contribution in [-0.2, 0) is 21.4 Å². The number of hydrogen-bond donors (Lipinski definition) is 2. The van der Waals surface area contributed by atoms with Gasteiger partial charge in [-0.05, 0) is 85.6 Å². The van der Waals surface area contributed by atoms with Gasteiger partial charge in [-0.2, -0.15) is 0 Å². The van der Waals surface area contributed by atoms with Gasteiger partial charge in [0, 0.05) is 45.9 Å². The molecule has 0 radical (unpaired) electrons. The highest BCUT2D eigenvalue weighted by atomic mass is 32.5. The number of aryl methyl sites for hydroxylation is 2. The van der Waals surface area contributed by atoms with E-state index in [2.05, 4.69) is 0 Å². The fourth-order valence-electron chi connectivity index (χ4n) is 3.65. The minimum Gasteiger partial charge on any atom is -0.507 e. The van der Waals surface area contributed by atoms with E-state index >= 15 is 0 Å². The maximum absolute atomic E-state index is 12.3. The fourth-order valence-corrected chi connectivity index (χ4v) is 5.66. The van der Waals surface area contributed by atoms with Gasteiger partial charge in [0.1, 0.15) is 28.8 Å². The van der Waals surface area contributed by atoms with Crippen molar-refractivity contribution >= 4 is 41.6 Å². The van der Waals surface area contributed by atoms with E-state index < -0.39 is 17.5 Å². The summed E-state index contributed by atoms with van der Waals surface area (Å²) in [5, 5.41) is 20.9.